The summed E-state index contributed by atoms with van der Waals surface area (Å²) in [7, 11) is 1.57. The highest BCUT2D eigenvalue weighted by atomic mass is 32.1. The summed E-state index contributed by atoms with van der Waals surface area (Å²) in [5.74, 6) is 0.629. The summed E-state index contributed by atoms with van der Waals surface area (Å²) < 4.78 is 9.32. The predicted molar refractivity (Wildman–Crippen MR) is 106 cm³/mol. The molecule has 0 bridgehead atoms. The van der Waals surface area contributed by atoms with Crippen LogP contribution < -0.4 is 4.87 Å². The maximum absolute atomic E-state index is 12.1. The Balaban J connectivity index is 1.63. The second kappa shape index (κ2) is 7.63. The van der Waals surface area contributed by atoms with E-state index in [9.17, 15) is 4.79 Å². The van der Waals surface area contributed by atoms with Gasteiger partial charge in [-0.15, -0.1) is 5.10 Å². The minimum Gasteiger partial charge on any atom is -0.390 e. The van der Waals surface area contributed by atoms with Crippen LogP contribution in [0.4, 0.5) is 0 Å². The zero-order chi connectivity index (χ0) is 19.7. The molecule has 0 aliphatic rings. The van der Waals surface area contributed by atoms with Crippen molar-refractivity contribution in [1.82, 2.24) is 24.5 Å². The highest BCUT2D eigenvalue weighted by molar-refractivity contribution is 7.16. The Morgan fingerprint density at radius 3 is 2.79 bits per heavy atom. The van der Waals surface area contributed by atoms with Crippen LogP contribution in [-0.4, -0.2) is 36.8 Å². The van der Waals surface area contributed by atoms with Crippen molar-refractivity contribution in [3.63, 3.8) is 0 Å². The smallest absolute Gasteiger partial charge is 0.310 e. The van der Waals surface area contributed by atoms with Gasteiger partial charge < -0.3 is 9.84 Å². The molecule has 1 atom stereocenters. The van der Waals surface area contributed by atoms with Gasteiger partial charge >= 0.3 is 4.87 Å². The van der Waals surface area contributed by atoms with E-state index in [0.717, 1.165) is 21.5 Å². The maximum atomic E-state index is 12.1. The summed E-state index contributed by atoms with van der Waals surface area (Å²) in [6.45, 7) is 2.17. The summed E-state index contributed by atoms with van der Waals surface area (Å²) in [5, 5.41) is 21.7. The fourth-order valence-electron chi connectivity index (χ4n) is 3.03. The van der Waals surface area contributed by atoms with Crippen LogP contribution in [0.2, 0.25) is 0 Å². The van der Waals surface area contributed by atoms with Crippen molar-refractivity contribution >= 4 is 21.6 Å². The van der Waals surface area contributed by atoms with Gasteiger partial charge in [0.25, 0.3) is 0 Å². The third-order valence-electron chi connectivity index (χ3n) is 4.61. The molecule has 8 nitrogen and oxygen atoms in total. The van der Waals surface area contributed by atoms with E-state index in [1.807, 2.05) is 30.5 Å². The largest absolute Gasteiger partial charge is 0.390 e. The number of thiazole rings is 1. The number of aliphatic hydroxyl groups is 1. The van der Waals surface area contributed by atoms with E-state index in [4.69, 9.17) is 9.84 Å². The van der Waals surface area contributed by atoms with Gasteiger partial charge in [0.15, 0.2) is 5.82 Å². The van der Waals surface area contributed by atoms with Gasteiger partial charge in [0.2, 0.25) is 0 Å². The quantitative estimate of drug-likeness (QED) is 0.536. The third-order valence-corrected chi connectivity index (χ3v) is 5.55. The van der Waals surface area contributed by atoms with Crippen LogP contribution in [0, 0.1) is 0 Å². The molecule has 1 aromatic carbocycles. The fourth-order valence-corrected chi connectivity index (χ4v) is 3.96. The number of aliphatic hydroxyl groups excluding tert-OH is 1. The van der Waals surface area contributed by atoms with Crippen LogP contribution in [0.15, 0.2) is 47.4 Å². The molecule has 28 heavy (non-hydrogen) atoms. The Morgan fingerprint density at radius 2 is 2.07 bits per heavy atom. The van der Waals surface area contributed by atoms with E-state index in [2.05, 4.69) is 22.2 Å². The first-order valence-electron chi connectivity index (χ1n) is 8.72. The Bertz CT molecular complexity index is 1160. The first-order valence-corrected chi connectivity index (χ1v) is 9.54. The molecule has 3 heterocycles. The number of rotatable bonds is 6. The van der Waals surface area contributed by atoms with E-state index in [1.165, 1.54) is 11.3 Å². The van der Waals surface area contributed by atoms with Crippen LogP contribution in [0.25, 0.3) is 16.0 Å². The van der Waals surface area contributed by atoms with E-state index in [1.54, 1.807) is 28.5 Å². The molecular formula is C19H19N5O3S. The molecule has 0 amide bonds. The lowest BCUT2D eigenvalue weighted by atomic mass is 9.98. The molecule has 4 rings (SSSR count). The summed E-state index contributed by atoms with van der Waals surface area (Å²) in [5.41, 5.74) is 3.34. The molecule has 0 aliphatic carbocycles. The molecule has 0 spiro atoms. The molecule has 9 heteroatoms. The second-order valence-corrected chi connectivity index (χ2v) is 7.38. The second-order valence-electron chi connectivity index (χ2n) is 6.39. The van der Waals surface area contributed by atoms with Gasteiger partial charge in [-0.05, 0) is 35.9 Å². The van der Waals surface area contributed by atoms with E-state index >= 15 is 0 Å². The van der Waals surface area contributed by atoms with Crippen molar-refractivity contribution in [1.29, 1.82) is 0 Å². The molecule has 0 radical (unpaired) electrons. The van der Waals surface area contributed by atoms with Crippen molar-refractivity contribution in [2.45, 2.75) is 26.2 Å². The molecule has 1 N–H and O–H groups in total. The molecule has 0 saturated carbocycles. The number of fused-ring (bicyclic) bond motifs is 1. The third kappa shape index (κ3) is 3.35. The number of hydrogen-bond acceptors (Lipinski definition) is 7. The summed E-state index contributed by atoms with van der Waals surface area (Å²) in [6.07, 6.45) is 1.83. The number of ether oxygens (including phenoxy) is 1. The van der Waals surface area contributed by atoms with Gasteiger partial charge in [0.1, 0.15) is 6.73 Å². The molecular weight excluding hydrogens is 378 g/mol. The van der Waals surface area contributed by atoms with Gasteiger partial charge in [-0.25, -0.2) is 4.68 Å². The summed E-state index contributed by atoms with van der Waals surface area (Å²) in [4.78, 5) is 12.1. The molecule has 1 unspecified atom stereocenters. The standard InChI is InChI=1S/C19H19N5O3S/c1-12(13-3-5-16-17(9-13)28-19(26)23(16)11-27-2)15-7-8-24(22-15)18-6-4-14(10-25)20-21-18/h3-9,12,25H,10-11H2,1-2H3. The van der Waals surface area contributed by atoms with Crippen LogP contribution in [0.3, 0.4) is 0 Å². The van der Waals surface area contributed by atoms with Gasteiger partial charge in [0, 0.05) is 19.2 Å². The van der Waals surface area contributed by atoms with Crippen molar-refractivity contribution in [2.24, 2.45) is 0 Å². The fraction of sp³-hybridized carbons (Fsp3) is 0.263. The van der Waals surface area contributed by atoms with Crippen molar-refractivity contribution < 1.29 is 9.84 Å². The van der Waals surface area contributed by atoms with Gasteiger partial charge in [-0.3, -0.25) is 9.36 Å². The van der Waals surface area contributed by atoms with Crippen molar-refractivity contribution in [3.05, 3.63) is 69.2 Å². The van der Waals surface area contributed by atoms with Crippen LogP contribution in [0.1, 0.15) is 29.8 Å². The summed E-state index contributed by atoms with van der Waals surface area (Å²) >= 11 is 1.21. The van der Waals surface area contributed by atoms with Gasteiger partial charge in [-0.1, -0.05) is 24.3 Å². The molecule has 3 aromatic heterocycles. The zero-order valence-corrected chi connectivity index (χ0v) is 16.3. The van der Waals surface area contributed by atoms with E-state index in [0.29, 0.717) is 11.5 Å². The molecule has 0 fully saturated rings. The highest BCUT2D eigenvalue weighted by Gasteiger charge is 2.15. The lowest BCUT2D eigenvalue weighted by molar-refractivity contribution is 0.133. The predicted octanol–water partition coefficient (Wildman–Crippen LogP) is 2.29. The minimum absolute atomic E-state index is 0.0316. The van der Waals surface area contributed by atoms with E-state index in [-0.39, 0.29) is 24.1 Å². The number of aromatic nitrogens is 5. The summed E-state index contributed by atoms with van der Waals surface area (Å²) in [6, 6.07) is 11.4. The number of methoxy groups -OCH3 is 1. The molecule has 0 aliphatic heterocycles. The normalized spacial score (nSPS) is 12.5. The monoisotopic (exact) mass is 397 g/mol. The number of nitrogens with zero attached hydrogens (tertiary/aromatic N) is 5. The van der Waals surface area contributed by atoms with Crippen LogP contribution in [-0.2, 0) is 18.1 Å². The Labute approximate surface area is 164 Å². The number of benzene rings is 1. The molecule has 144 valence electrons. The SMILES string of the molecule is COCn1c(=O)sc2cc(C(C)c3ccn(-c4ccc(CO)nn4)n3)ccc21. The average molecular weight is 397 g/mol. The minimum atomic E-state index is -0.144. The average Bonchev–Trinajstić information content (AvgIpc) is 3.33. The van der Waals surface area contributed by atoms with Crippen LogP contribution >= 0.6 is 11.3 Å². The lowest BCUT2D eigenvalue weighted by Gasteiger charge is -2.10. The van der Waals surface area contributed by atoms with E-state index < -0.39 is 0 Å². The topological polar surface area (TPSA) is 95.1 Å². The Kier molecular flexibility index (Phi) is 5.03. The maximum Gasteiger partial charge on any atom is 0.310 e. The van der Waals surface area contributed by atoms with Crippen molar-refractivity contribution in [2.75, 3.05) is 7.11 Å². The highest BCUT2D eigenvalue weighted by Crippen LogP contribution is 2.27. The Hall–Kier alpha value is -2.88. The molecule has 0 saturated heterocycles. The van der Waals surface area contributed by atoms with Gasteiger partial charge in [-0.2, -0.15) is 10.2 Å². The number of hydrogen-bond donors (Lipinski definition) is 1. The van der Waals surface area contributed by atoms with Gasteiger partial charge in [0.05, 0.1) is 28.2 Å². The Morgan fingerprint density at radius 1 is 1.21 bits per heavy atom. The zero-order valence-electron chi connectivity index (χ0n) is 15.4. The lowest BCUT2D eigenvalue weighted by Crippen LogP contribution is -2.13. The molecule has 4 aromatic rings. The van der Waals surface area contributed by atoms with Crippen molar-refractivity contribution in [3.8, 4) is 5.82 Å². The van der Waals surface area contributed by atoms with Crippen LogP contribution in [0.5, 0.6) is 0 Å². The first kappa shape index (κ1) is 18.5. The first-order chi connectivity index (χ1) is 13.6.